The number of pyridine rings is 1. The van der Waals surface area contributed by atoms with Crippen LogP contribution in [0.15, 0.2) is 77.7 Å². The number of H-pyrrole nitrogens is 1. The predicted molar refractivity (Wildman–Crippen MR) is 183 cm³/mol. The number of para-hydroxylation sites is 2. The van der Waals surface area contributed by atoms with E-state index >= 15 is 0 Å². The predicted octanol–water partition coefficient (Wildman–Crippen LogP) is 4.93. The summed E-state index contributed by atoms with van der Waals surface area (Å²) in [4.78, 5) is 71.8. The third-order valence-corrected chi connectivity index (χ3v) is 10.2. The minimum Gasteiger partial charge on any atom is -0.483 e. The molecule has 3 aliphatic rings. The average Bonchev–Trinajstić information content (AvgIpc) is 3.66. The molecular formula is C38H33F3N6O6. The standard InChI is InChI=1S/C38H33F3N6O6/c1-21-11-12-38(15-32(48)47(53-38)19-31-43-28-9-5-6-10-29(28)44-31)30-18-45(21)37(51)33-35(52-20-22-7-3-2-4-8-22)34(49)25(17-46(30)33)36(50)42-16-24-26(40)13-23(39)14-27(24)41/h2-10,13-14,17,21,30H,11-12,15-16,18-20H2,1H3,(H,42,50)(H,43,44)/t21-,30+,38-/m0/s1. The highest BCUT2D eigenvalue weighted by atomic mass is 19.1. The van der Waals surface area contributed by atoms with E-state index in [1.807, 2.05) is 31.2 Å². The Balaban J connectivity index is 1.20. The molecule has 0 radical (unpaired) electrons. The van der Waals surface area contributed by atoms with Gasteiger partial charge in [-0.2, -0.15) is 0 Å². The van der Waals surface area contributed by atoms with E-state index in [1.165, 1.54) is 15.8 Å². The number of aromatic amines is 1. The van der Waals surface area contributed by atoms with Crippen LogP contribution in [0.1, 0.15) is 70.0 Å². The van der Waals surface area contributed by atoms with Gasteiger partial charge in [0.25, 0.3) is 11.8 Å². The second-order valence-electron chi connectivity index (χ2n) is 13.6. The van der Waals surface area contributed by atoms with Crippen LogP contribution >= 0.6 is 0 Å². The van der Waals surface area contributed by atoms with Crippen molar-refractivity contribution in [3.05, 3.63) is 129 Å². The summed E-state index contributed by atoms with van der Waals surface area (Å²) in [5.41, 5.74) is -1.12. The van der Waals surface area contributed by atoms with Crippen LogP contribution in [-0.4, -0.2) is 60.4 Å². The maximum atomic E-state index is 14.5. The van der Waals surface area contributed by atoms with Crippen molar-refractivity contribution >= 4 is 28.8 Å². The van der Waals surface area contributed by atoms with Crippen molar-refractivity contribution in [2.24, 2.45) is 0 Å². The summed E-state index contributed by atoms with van der Waals surface area (Å²) >= 11 is 0. The zero-order valence-electron chi connectivity index (χ0n) is 28.4. The van der Waals surface area contributed by atoms with Gasteiger partial charge in [0.15, 0.2) is 11.4 Å². The highest BCUT2D eigenvalue weighted by Gasteiger charge is 2.56. The fourth-order valence-corrected chi connectivity index (χ4v) is 7.46. The lowest BCUT2D eigenvalue weighted by molar-refractivity contribution is -0.218. The van der Waals surface area contributed by atoms with Gasteiger partial charge in [-0.15, -0.1) is 0 Å². The number of nitrogens with zero attached hydrogens (tertiary/aromatic N) is 4. The molecule has 3 aliphatic heterocycles. The first-order valence-electron chi connectivity index (χ1n) is 17.1. The van der Waals surface area contributed by atoms with Crippen molar-refractivity contribution in [2.75, 3.05) is 6.54 Å². The molecule has 3 aromatic carbocycles. The highest BCUT2D eigenvalue weighted by Crippen LogP contribution is 2.47. The number of carbonyl (C=O) groups is 3. The van der Waals surface area contributed by atoms with E-state index in [2.05, 4.69) is 15.3 Å². The van der Waals surface area contributed by atoms with E-state index in [4.69, 9.17) is 9.57 Å². The molecule has 0 aliphatic carbocycles. The van der Waals surface area contributed by atoms with Crippen LogP contribution in [0, 0.1) is 17.5 Å². The minimum absolute atomic E-state index is 0.0206. The van der Waals surface area contributed by atoms with Crippen molar-refractivity contribution in [2.45, 2.75) is 63.6 Å². The van der Waals surface area contributed by atoms with Gasteiger partial charge in [0, 0.05) is 43.0 Å². The van der Waals surface area contributed by atoms with Crippen molar-refractivity contribution in [1.82, 2.24) is 29.8 Å². The highest BCUT2D eigenvalue weighted by molar-refractivity contribution is 5.99. The number of halogens is 3. The number of rotatable bonds is 8. The zero-order chi connectivity index (χ0) is 37.0. The minimum atomic E-state index is -1.22. The second-order valence-corrected chi connectivity index (χ2v) is 13.6. The van der Waals surface area contributed by atoms with Gasteiger partial charge in [0.1, 0.15) is 47.6 Å². The number of amides is 3. The Labute approximate surface area is 300 Å². The van der Waals surface area contributed by atoms with Gasteiger partial charge < -0.3 is 24.5 Å². The van der Waals surface area contributed by atoms with Crippen LogP contribution in [-0.2, 0) is 29.3 Å². The number of hydroxylamine groups is 2. The number of ether oxygens (including phenoxy) is 1. The molecule has 12 nitrogen and oxygen atoms in total. The van der Waals surface area contributed by atoms with Gasteiger partial charge >= 0.3 is 0 Å². The fourth-order valence-electron chi connectivity index (χ4n) is 7.46. The molecule has 2 bridgehead atoms. The molecule has 2 N–H and O–H groups in total. The van der Waals surface area contributed by atoms with Crippen LogP contribution in [0.25, 0.3) is 11.0 Å². The lowest BCUT2D eigenvalue weighted by Crippen LogP contribution is -2.52. The molecular weight excluding hydrogens is 693 g/mol. The van der Waals surface area contributed by atoms with Crippen LogP contribution < -0.4 is 15.5 Å². The van der Waals surface area contributed by atoms with Gasteiger partial charge in [-0.05, 0) is 37.5 Å². The molecule has 8 rings (SSSR count). The van der Waals surface area contributed by atoms with Crippen molar-refractivity contribution in [1.29, 1.82) is 0 Å². The van der Waals surface area contributed by atoms with Gasteiger partial charge in [-0.3, -0.25) is 24.0 Å². The smallest absolute Gasteiger partial charge is 0.274 e. The third kappa shape index (κ3) is 6.09. The maximum Gasteiger partial charge on any atom is 0.274 e. The summed E-state index contributed by atoms with van der Waals surface area (Å²) in [7, 11) is 0. The molecule has 0 saturated carbocycles. The average molecular weight is 727 g/mol. The lowest BCUT2D eigenvalue weighted by Gasteiger charge is -2.42. The number of hydrogen-bond donors (Lipinski definition) is 2. The summed E-state index contributed by atoms with van der Waals surface area (Å²) < 4.78 is 50.0. The molecule has 3 amide bonds. The van der Waals surface area contributed by atoms with Crippen LogP contribution in [0.2, 0.25) is 0 Å². The summed E-state index contributed by atoms with van der Waals surface area (Å²) in [6.07, 6.45) is 1.97. The molecule has 53 heavy (non-hydrogen) atoms. The molecule has 5 aromatic rings. The lowest BCUT2D eigenvalue weighted by atomic mass is 9.85. The molecule has 272 valence electrons. The number of carbonyl (C=O) groups excluding carboxylic acids is 3. The SMILES string of the molecule is C[C@H]1CC[C@]2(CC(=O)N(Cc3nc4ccccc4[nH]3)O2)[C@H]2CN1C(=O)c1c(OCc3ccccc3)c(=O)c(C(=O)NCc3c(F)cc(F)cc3F)cn12. The molecule has 2 aromatic heterocycles. The Morgan fingerprint density at radius 2 is 1.79 bits per heavy atom. The summed E-state index contributed by atoms with van der Waals surface area (Å²) in [6, 6.07) is 16.2. The molecule has 2 saturated heterocycles. The number of imidazole rings is 1. The Hall–Kier alpha value is -5.96. The topological polar surface area (TPSA) is 139 Å². The maximum absolute atomic E-state index is 14.5. The van der Waals surface area contributed by atoms with Crippen molar-refractivity contribution in [3.63, 3.8) is 0 Å². The number of benzene rings is 3. The van der Waals surface area contributed by atoms with Crippen LogP contribution in [0.4, 0.5) is 13.2 Å². The van der Waals surface area contributed by atoms with E-state index in [-0.39, 0.29) is 43.8 Å². The van der Waals surface area contributed by atoms with E-state index in [9.17, 15) is 32.3 Å². The molecule has 15 heteroatoms. The van der Waals surface area contributed by atoms with Gasteiger partial charge in [0.05, 0.1) is 23.5 Å². The van der Waals surface area contributed by atoms with Gasteiger partial charge in [-0.1, -0.05) is 42.5 Å². The number of aromatic nitrogens is 3. The first-order chi connectivity index (χ1) is 25.5. The van der Waals surface area contributed by atoms with E-state index in [1.54, 1.807) is 35.2 Å². The van der Waals surface area contributed by atoms with Crippen molar-refractivity contribution in [3.8, 4) is 5.75 Å². The third-order valence-electron chi connectivity index (χ3n) is 10.2. The van der Waals surface area contributed by atoms with E-state index in [0.717, 1.165) is 11.0 Å². The molecule has 0 unspecified atom stereocenters. The molecule has 3 atom stereocenters. The number of nitrogens with one attached hydrogen (secondary N) is 2. The Morgan fingerprint density at radius 3 is 2.55 bits per heavy atom. The summed E-state index contributed by atoms with van der Waals surface area (Å²) in [5, 5.41) is 3.61. The van der Waals surface area contributed by atoms with Gasteiger partial charge in [0.2, 0.25) is 11.3 Å². The quantitative estimate of drug-likeness (QED) is 0.231. The summed E-state index contributed by atoms with van der Waals surface area (Å²) in [5.74, 6) is -5.28. The van der Waals surface area contributed by atoms with E-state index < -0.39 is 69.8 Å². The Morgan fingerprint density at radius 1 is 1.06 bits per heavy atom. The Kier molecular flexibility index (Phi) is 8.52. The number of fused-ring (bicyclic) bond motifs is 6. The second kappa shape index (κ2) is 13.2. The van der Waals surface area contributed by atoms with Crippen LogP contribution in [0.3, 0.4) is 0 Å². The number of hydrogen-bond acceptors (Lipinski definition) is 7. The van der Waals surface area contributed by atoms with Crippen LogP contribution in [0.5, 0.6) is 5.75 Å². The summed E-state index contributed by atoms with van der Waals surface area (Å²) in [6.45, 7) is 1.16. The van der Waals surface area contributed by atoms with E-state index in [0.29, 0.717) is 36.4 Å². The monoisotopic (exact) mass is 726 g/mol. The largest absolute Gasteiger partial charge is 0.483 e. The zero-order valence-corrected chi connectivity index (χ0v) is 28.4. The fraction of sp³-hybridized carbons (Fsp3) is 0.289. The Bertz CT molecular complexity index is 2290. The van der Waals surface area contributed by atoms with Crippen molar-refractivity contribution < 1.29 is 37.1 Å². The first kappa shape index (κ1) is 34.1. The normalized spacial score (nSPS) is 20.9. The molecule has 2 fully saturated rings. The first-order valence-corrected chi connectivity index (χ1v) is 17.1. The van der Waals surface area contributed by atoms with Gasteiger partial charge in [-0.25, -0.2) is 23.2 Å². The molecule has 1 spiro atoms. The molecule has 5 heterocycles.